The van der Waals surface area contributed by atoms with Crippen molar-refractivity contribution in [3.05, 3.63) is 54.6 Å². The topological polar surface area (TPSA) is 53.6 Å². The highest BCUT2D eigenvalue weighted by molar-refractivity contribution is 5.92. The molecule has 1 atom stereocenters. The first kappa shape index (κ1) is 20.2. The lowest BCUT2D eigenvalue weighted by atomic mass is 10.1. The predicted octanol–water partition coefficient (Wildman–Crippen LogP) is 3.52. The monoisotopic (exact) mass is 375 g/mol. The minimum absolute atomic E-state index is 0. The van der Waals surface area contributed by atoms with Gasteiger partial charge < -0.3 is 15.4 Å². The van der Waals surface area contributed by atoms with Gasteiger partial charge in [-0.05, 0) is 62.8 Å². The van der Waals surface area contributed by atoms with Crippen molar-refractivity contribution in [3.63, 3.8) is 0 Å². The van der Waals surface area contributed by atoms with E-state index in [1.165, 1.54) is 6.42 Å². The van der Waals surface area contributed by atoms with E-state index in [0.29, 0.717) is 12.6 Å². The molecule has 1 fully saturated rings. The van der Waals surface area contributed by atoms with Crippen molar-refractivity contribution in [3.8, 4) is 11.5 Å². The van der Waals surface area contributed by atoms with Gasteiger partial charge in [0.2, 0.25) is 5.91 Å². The van der Waals surface area contributed by atoms with Crippen LogP contribution in [-0.2, 0) is 4.79 Å². The molecule has 0 radical (unpaired) electrons. The lowest BCUT2D eigenvalue weighted by Crippen LogP contribution is -2.46. The van der Waals surface area contributed by atoms with E-state index in [-0.39, 0.29) is 18.3 Å². The highest BCUT2D eigenvalue weighted by Gasteiger charge is 2.20. The number of nitrogens with one attached hydrogen (secondary N) is 2. The molecule has 2 N–H and O–H groups in total. The van der Waals surface area contributed by atoms with Gasteiger partial charge in [0, 0.05) is 18.3 Å². The number of likely N-dealkylation sites (N-methyl/N-ethyl adjacent to an activating group) is 1. The smallest absolute Gasteiger partial charge is 0.238 e. The third kappa shape index (κ3) is 6.02. The fraction of sp³-hybridized carbons (Fsp3) is 0.350. The van der Waals surface area contributed by atoms with Crippen LogP contribution in [0.4, 0.5) is 5.69 Å². The average molecular weight is 376 g/mol. The molecule has 0 saturated carbocycles. The van der Waals surface area contributed by atoms with Crippen LogP contribution in [0.15, 0.2) is 54.6 Å². The summed E-state index contributed by atoms with van der Waals surface area (Å²) in [6.45, 7) is 2.34. The van der Waals surface area contributed by atoms with Crippen molar-refractivity contribution in [2.24, 2.45) is 0 Å². The van der Waals surface area contributed by atoms with Crippen LogP contribution in [0.2, 0.25) is 0 Å². The molecule has 0 aliphatic carbocycles. The number of nitrogens with zero attached hydrogens (tertiary/aromatic N) is 1. The van der Waals surface area contributed by atoms with Crippen molar-refractivity contribution >= 4 is 24.0 Å². The number of rotatable bonds is 6. The molecular formula is C20H26ClN3O2. The number of hydrogen-bond acceptors (Lipinski definition) is 4. The Morgan fingerprint density at radius 2 is 1.81 bits per heavy atom. The molecule has 1 heterocycles. The number of ether oxygens (including phenoxy) is 1. The number of amides is 1. The van der Waals surface area contributed by atoms with Crippen LogP contribution in [0.3, 0.4) is 0 Å². The van der Waals surface area contributed by atoms with E-state index < -0.39 is 0 Å². The van der Waals surface area contributed by atoms with Crippen molar-refractivity contribution < 1.29 is 9.53 Å². The zero-order valence-electron chi connectivity index (χ0n) is 15.0. The van der Waals surface area contributed by atoms with E-state index in [0.717, 1.165) is 36.7 Å². The van der Waals surface area contributed by atoms with Crippen molar-refractivity contribution in [2.45, 2.75) is 18.9 Å². The normalized spacial score (nSPS) is 17.2. The van der Waals surface area contributed by atoms with Crippen LogP contribution in [0.1, 0.15) is 12.8 Å². The Hall–Kier alpha value is -2.08. The number of piperidine rings is 1. The van der Waals surface area contributed by atoms with Gasteiger partial charge >= 0.3 is 0 Å². The van der Waals surface area contributed by atoms with Crippen LogP contribution in [-0.4, -0.2) is 43.5 Å². The van der Waals surface area contributed by atoms with Crippen LogP contribution in [0.25, 0.3) is 0 Å². The van der Waals surface area contributed by atoms with Crippen molar-refractivity contribution in [1.82, 2.24) is 10.2 Å². The van der Waals surface area contributed by atoms with E-state index in [2.05, 4.69) is 15.5 Å². The third-order valence-corrected chi connectivity index (χ3v) is 4.40. The summed E-state index contributed by atoms with van der Waals surface area (Å²) >= 11 is 0. The van der Waals surface area contributed by atoms with Gasteiger partial charge in [-0.1, -0.05) is 18.2 Å². The molecule has 1 aliphatic rings. The van der Waals surface area contributed by atoms with Crippen LogP contribution < -0.4 is 15.4 Å². The number of hydrogen-bond donors (Lipinski definition) is 2. The number of para-hydroxylation sites is 1. The Labute approximate surface area is 161 Å². The molecule has 1 unspecified atom stereocenters. The number of carbonyl (C=O) groups excluding carboxylic acids is 1. The summed E-state index contributed by atoms with van der Waals surface area (Å²) in [5.41, 5.74) is 0.785. The minimum atomic E-state index is 0. The predicted molar refractivity (Wildman–Crippen MR) is 107 cm³/mol. The molecular weight excluding hydrogens is 350 g/mol. The maximum absolute atomic E-state index is 12.2. The Balaban J connectivity index is 0.00000243. The SMILES string of the molecule is CNC1CCCN(CC(=O)Nc2ccc(Oc3ccccc3)cc2)C1.Cl. The first-order valence-electron chi connectivity index (χ1n) is 8.75. The average Bonchev–Trinajstić information content (AvgIpc) is 2.64. The number of benzene rings is 2. The molecule has 2 aromatic rings. The number of halogens is 1. The standard InChI is InChI=1S/C20H25N3O2.ClH/c1-21-17-6-5-13-23(14-17)15-20(24)22-16-9-11-19(12-10-16)25-18-7-3-2-4-8-18;/h2-4,7-12,17,21H,5-6,13-15H2,1H3,(H,22,24);1H. The van der Waals surface area contributed by atoms with Gasteiger partial charge in [-0.3, -0.25) is 9.69 Å². The lowest BCUT2D eigenvalue weighted by Gasteiger charge is -2.31. The molecule has 6 heteroatoms. The highest BCUT2D eigenvalue weighted by Crippen LogP contribution is 2.22. The van der Waals surface area contributed by atoms with Gasteiger partial charge in [0.25, 0.3) is 0 Å². The molecule has 2 aromatic carbocycles. The summed E-state index contributed by atoms with van der Waals surface area (Å²) in [5, 5.41) is 6.25. The molecule has 1 saturated heterocycles. The quantitative estimate of drug-likeness (QED) is 0.811. The van der Waals surface area contributed by atoms with E-state index in [1.807, 2.05) is 61.6 Å². The van der Waals surface area contributed by atoms with Crippen molar-refractivity contribution in [2.75, 3.05) is 32.0 Å². The highest BCUT2D eigenvalue weighted by atomic mass is 35.5. The molecule has 0 bridgehead atoms. The summed E-state index contributed by atoms with van der Waals surface area (Å²) in [4.78, 5) is 14.4. The summed E-state index contributed by atoms with van der Waals surface area (Å²) in [6.07, 6.45) is 2.31. The molecule has 0 spiro atoms. The second-order valence-electron chi connectivity index (χ2n) is 6.35. The van der Waals surface area contributed by atoms with Gasteiger partial charge in [-0.25, -0.2) is 0 Å². The number of carbonyl (C=O) groups is 1. The van der Waals surface area contributed by atoms with Gasteiger partial charge in [0.15, 0.2) is 0 Å². The zero-order chi connectivity index (χ0) is 17.5. The Kier molecular flexibility index (Phi) is 7.91. The summed E-state index contributed by atoms with van der Waals surface area (Å²) in [6, 6.07) is 17.6. The van der Waals surface area contributed by atoms with Crippen LogP contribution >= 0.6 is 12.4 Å². The van der Waals surface area contributed by atoms with Gasteiger partial charge in [-0.15, -0.1) is 12.4 Å². The van der Waals surface area contributed by atoms with E-state index >= 15 is 0 Å². The molecule has 5 nitrogen and oxygen atoms in total. The summed E-state index contributed by atoms with van der Waals surface area (Å²) in [7, 11) is 1.98. The van der Waals surface area contributed by atoms with Gasteiger partial charge in [0.05, 0.1) is 6.54 Å². The van der Waals surface area contributed by atoms with E-state index in [1.54, 1.807) is 0 Å². The summed E-state index contributed by atoms with van der Waals surface area (Å²) in [5.74, 6) is 1.56. The molecule has 140 valence electrons. The maximum Gasteiger partial charge on any atom is 0.238 e. The minimum Gasteiger partial charge on any atom is -0.457 e. The van der Waals surface area contributed by atoms with Crippen molar-refractivity contribution in [1.29, 1.82) is 0 Å². The Morgan fingerprint density at radius 1 is 1.12 bits per heavy atom. The molecule has 26 heavy (non-hydrogen) atoms. The Bertz CT molecular complexity index is 679. The number of likely N-dealkylation sites (tertiary alicyclic amines) is 1. The fourth-order valence-electron chi connectivity index (χ4n) is 3.07. The van der Waals surface area contributed by atoms with Crippen LogP contribution in [0.5, 0.6) is 11.5 Å². The largest absolute Gasteiger partial charge is 0.457 e. The second-order valence-corrected chi connectivity index (χ2v) is 6.35. The Morgan fingerprint density at radius 3 is 2.50 bits per heavy atom. The maximum atomic E-state index is 12.2. The first-order valence-corrected chi connectivity index (χ1v) is 8.75. The lowest BCUT2D eigenvalue weighted by molar-refractivity contribution is -0.117. The van der Waals surface area contributed by atoms with E-state index in [4.69, 9.17) is 4.74 Å². The van der Waals surface area contributed by atoms with Gasteiger partial charge in [-0.2, -0.15) is 0 Å². The van der Waals surface area contributed by atoms with E-state index in [9.17, 15) is 4.79 Å². The molecule has 0 aromatic heterocycles. The summed E-state index contributed by atoms with van der Waals surface area (Å²) < 4.78 is 5.76. The molecule has 1 amide bonds. The molecule has 3 rings (SSSR count). The zero-order valence-corrected chi connectivity index (χ0v) is 15.8. The third-order valence-electron chi connectivity index (χ3n) is 4.40. The first-order chi connectivity index (χ1) is 12.2. The number of anilines is 1. The van der Waals surface area contributed by atoms with Crippen LogP contribution in [0, 0.1) is 0 Å². The fourth-order valence-corrected chi connectivity index (χ4v) is 3.07. The second kappa shape index (κ2) is 10.2. The molecule has 1 aliphatic heterocycles. The van der Waals surface area contributed by atoms with Gasteiger partial charge in [0.1, 0.15) is 11.5 Å².